The Morgan fingerprint density at radius 1 is 1.08 bits per heavy atom. The number of hydrogen-bond donors (Lipinski definition) is 1. The Kier molecular flexibility index (Phi) is 4.74. The summed E-state index contributed by atoms with van der Waals surface area (Å²) in [5.74, 6) is 2.12. The van der Waals surface area contributed by atoms with E-state index in [-0.39, 0.29) is 12.7 Å². The normalized spacial score (nSPS) is 12.7. The number of ether oxygens (including phenoxy) is 4. The van der Waals surface area contributed by atoms with Crippen LogP contribution in [-0.2, 0) is 0 Å². The average Bonchev–Trinajstić information content (AvgIpc) is 3.12. The highest BCUT2D eigenvalue weighted by Crippen LogP contribution is 2.32. The molecular formula is C18H18N2O5. The van der Waals surface area contributed by atoms with Crippen LogP contribution in [0.15, 0.2) is 41.5 Å². The largest absolute Gasteiger partial charge is 0.497 e. The number of carbonyl (C=O) groups is 1. The van der Waals surface area contributed by atoms with E-state index in [0.29, 0.717) is 34.3 Å². The smallest absolute Gasteiger partial charge is 0.271 e. The molecule has 1 aliphatic heterocycles. The van der Waals surface area contributed by atoms with Gasteiger partial charge in [-0.1, -0.05) is 0 Å². The van der Waals surface area contributed by atoms with Crippen LogP contribution in [0.1, 0.15) is 22.8 Å². The number of rotatable bonds is 5. The average molecular weight is 342 g/mol. The predicted octanol–water partition coefficient (Wildman–Crippen LogP) is 2.59. The van der Waals surface area contributed by atoms with Crippen LogP contribution in [0, 0.1) is 0 Å². The van der Waals surface area contributed by atoms with Crippen molar-refractivity contribution >= 4 is 11.6 Å². The summed E-state index contributed by atoms with van der Waals surface area (Å²) < 4.78 is 21.0. The van der Waals surface area contributed by atoms with Crippen LogP contribution >= 0.6 is 0 Å². The highest BCUT2D eigenvalue weighted by Gasteiger charge is 2.16. The van der Waals surface area contributed by atoms with Crippen molar-refractivity contribution in [3.63, 3.8) is 0 Å². The van der Waals surface area contributed by atoms with Gasteiger partial charge in [-0.3, -0.25) is 4.79 Å². The highest BCUT2D eigenvalue weighted by molar-refractivity contribution is 6.03. The number of fused-ring (bicyclic) bond motifs is 1. The fourth-order valence-corrected chi connectivity index (χ4v) is 2.39. The quantitative estimate of drug-likeness (QED) is 0.667. The third-order valence-corrected chi connectivity index (χ3v) is 3.76. The van der Waals surface area contributed by atoms with Crippen molar-refractivity contribution in [2.75, 3.05) is 21.0 Å². The van der Waals surface area contributed by atoms with Crippen molar-refractivity contribution in [3.8, 4) is 23.0 Å². The number of nitrogens with one attached hydrogen (secondary N) is 1. The molecule has 25 heavy (non-hydrogen) atoms. The molecule has 130 valence electrons. The van der Waals surface area contributed by atoms with E-state index < -0.39 is 0 Å². The molecule has 0 bridgehead atoms. The Bertz CT molecular complexity index is 832. The Morgan fingerprint density at radius 2 is 1.88 bits per heavy atom. The van der Waals surface area contributed by atoms with Crippen LogP contribution in [0.25, 0.3) is 0 Å². The lowest BCUT2D eigenvalue weighted by Gasteiger charge is -2.10. The summed E-state index contributed by atoms with van der Waals surface area (Å²) in [7, 11) is 3.15. The fourth-order valence-electron chi connectivity index (χ4n) is 2.39. The van der Waals surface area contributed by atoms with Gasteiger partial charge in [0.05, 0.1) is 19.9 Å². The first-order valence-electron chi connectivity index (χ1n) is 7.59. The van der Waals surface area contributed by atoms with Gasteiger partial charge in [0, 0.05) is 17.2 Å². The third-order valence-electron chi connectivity index (χ3n) is 3.76. The molecule has 0 fully saturated rings. The molecule has 0 saturated carbocycles. The second kappa shape index (κ2) is 7.12. The molecule has 0 radical (unpaired) electrons. The van der Waals surface area contributed by atoms with Crippen molar-refractivity contribution in [2.45, 2.75) is 6.92 Å². The van der Waals surface area contributed by atoms with Crippen molar-refractivity contribution in [1.29, 1.82) is 0 Å². The van der Waals surface area contributed by atoms with E-state index in [1.165, 1.54) is 0 Å². The predicted molar refractivity (Wildman–Crippen MR) is 91.8 cm³/mol. The molecule has 0 aromatic heterocycles. The molecule has 0 spiro atoms. The van der Waals surface area contributed by atoms with Gasteiger partial charge in [-0.25, -0.2) is 5.43 Å². The maximum absolute atomic E-state index is 12.3. The van der Waals surface area contributed by atoms with Gasteiger partial charge in [-0.15, -0.1) is 0 Å². The minimum atomic E-state index is -0.342. The maximum Gasteiger partial charge on any atom is 0.271 e. The van der Waals surface area contributed by atoms with Gasteiger partial charge < -0.3 is 18.9 Å². The van der Waals surface area contributed by atoms with E-state index in [1.54, 1.807) is 51.5 Å². The Hall–Kier alpha value is -3.22. The summed E-state index contributed by atoms with van der Waals surface area (Å²) in [6.45, 7) is 1.94. The molecule has 0 saturated heterocycles. The second-order valence-corrected chi connectivity index (χ2v) is 5.27. The lowest BCUT2D eigenvalue weighted by atomic mass is 10.1. The lowest BCUT2D eigenvalue weighted by Crippen LogP contribution is -2.19. The number of amides is 1. The number of benzene rings is 2. The van der Waals surface area contributed by atoms with E-state index in [4.69, 9.17) is 18.9 Å². The van der Waals surface area contributed by atoms with E-state index in [0.717, 1.165) is 5.56 Å². The van der Waals surface area contributed by atoms with E-state index >= 15 is 0 Å². The molecule has 1 N–H and O–H groups in total. The number of hydrogen-bond acceptors (Lipinski definition) is 6. The molecule has 0 aliphatic carbocycles. The first-order chi connectivity index (χ1) is 12.1. The van der Waals surface area contributed by atoms with Crippen LogP contribution in [-0.4, -0.2) is 32.6 Å². The number of carbonyl (C=O) groups excluding carboxylic acids is 1. The van der Waals surface area contributed by atoms with Crippen LogP contribution in [0.3, 0.4) is 0 Å². The minimum absolute atomic E-state index is 0.162. The summed E-state index contributed by atoms with van der Waals surface area (Å²) in [5, 5.41) is 4.15. The van der Waals surface area contributed by atoms with Crippen LogP contribution < -0.4 is 24.4 Å². The lowest BCUT2D eigenvalue weighted by molar-refractivity contribution is 0.0954. The summed E-state index contributed by atoms with van der Waals surface area (Å²) in [6, 6.07) is 10.4. The molecule has 0 unspecified atom stereocenters. The molecular weight excluding hydrogens is 324 g/mol. The second-order valence-electron chi connectivity index (χ2n) is 5.27. The third kappa shape index (κ3) is 3.50. The van der Waals surface area contributed by atoms with Crippen molar-refractivity contribution in [1.82, 2.24) is 5.43 Å². The van der Waals surface area contributed by atoms with Gasteiger partial charge in [-0.2, -0.15) is 5.10 Å². The Morgan fingerprint density at radius 3 is 2.64 bits per heavy atom. The molecule has 3 rings (SSSR count). The monoisotopic (exact) mass is 342 g/mol. The number of hydrazone groups is 1. The van der Waals surface area contributed by atoms with Crippen LogP contribution in [0.2, 0.25) is 0 Å². The molecule has 1 amide bonds. The molecule has 2 aromatic carbocycles. The maximum atomic E-state index is 12.3. The Balaban J connectivity index is 1.76. The SMILES string of the molecule is COc1ccc(C(C)=NNC(=O)c2ccc3c(c2)OCO3)c(OC)c1. The molecule has 1 heterocycles. The van der Waals surface area contributed by atoms with E-state index in [1.807, 2.05) is 6.07 Å². The van der Waals surface area contributed by atoms with Gasteiger partial charge in [-0.05, 0) is 37.3 Å². The van der Waals surface area contributed by atoms with E-state index in [9.17, 15) is 4.79 Å². The summed E-state index contributed by atoms with van der Waals surface area (Å²) >= 11 is 0. The van der Waals surface area contributed by atoms with Crippen molar-refractivity contribution < 1.29 is 23.7 Å². The summed E-state index contributed by atoms with van der Waals surface area (Å²) in [5.41, 5.74) is 4.33. The van der Waals surface area contributed by atoms with Crippen molar-refractivity contribution in [3.05, 3.63) is 47.5 Å². The molecule has 0 atom stereocenters. The number of nitrogens with zero attached hydrogens (tertiary/aromatic N) is 1. The zero-order chi connectivity index (χ0) is 17.8. The van der Waals surface area contributed by atoms with E-state index in [2.05, 4.69) is 10.5 Å². The molecule has 7 heteroatoms. The summed E-state index contributed by atoms with van der Waals surface area (Å²) in [6.07, 6.45) is 0. The van der Waals surface area contributed by atoms with Crippen molar-refractivity contribution in [2.24, 2.45) is 5.10 Å². The summed E-state index contributed by atoms with van der Waals surface area (Å²) in [4.78, 5) is 12.3. The van der Waals surface area contributed by atoms with Gasteiger partial charge in [0.25, 0.3) is 5.91 Å². The standard InChI is InChI=1S/C18H18N2O5/c1-11(14-6-5-13(22-2)9-16(14)23-3)19-20-18(21)12-4-7-15-17(8-12)25-10-24-15/h4-9H,10H2,1-3H3,(H,20,21). The number of methoxy groups -OCH3 is 2. The first kappa shape index (κ1) is 16.6. The molecule has 1 aliphatic rings. The van der Waals surface area contributed by atoms with Crippen LogP contribution in [0.5, 0.6) is 23.0 Å². The first-order valence-corrected chi connectivity index (χ1v) is 7.59. The highest BCUT2D eigenvalue weighted by atomic mass is 16.7. The zero-order valence-electron chi connectivity index (χ0n) is 14.2. The fraction of sp³-hybridized carbons (Fsp3) is 0.222. The topological polar surface area (TPSA) is 78.4 Å². The van der Waals surface area contributed by atoms with Crippen LogP contribution in [0.4, 0.5) is 0 Å². The van der Waals surface area contributed by atoms with Gasteiger partial charge >= 0.3 is 0 Å². The van der Waals surface area contributed by atoms with Gasteiger partial charge in [0.15, 0.2) is 11.5 Å². The zero-order valence-corrected chi connectivity index (χ0v) is 14.2. The Labute approximate surface area is 145 Å². The molecule has 7 nitrogen and oxygen atoms in total. The van der Waals surface area contributed by atoms with Gasteiger partial charge in [0.1, 0.15) is 11.5 Å². The minimum Gasteiger partial charge on any atom is -0.497 e. The van der Waals surface area contributed by atoms with Gasteiger partial charge in [0.2, 0.25) is 6.79 Å². The molecule has 2 aromatic rings.